The highest BCUT2D eigenvalue weighted by Gasteiger charge is 2.31. The Balaban J connectivity index is 1.55. The van der Waals surface area contributed by atoms with Crippen molar-refractivity contribution < 1.29 is 9.59 Å². The maximum atomic E-state index is 12.9. The maximum Gasteiger partial charge on any atom is 0.322 e. The van der Waals surface area contributed by atoms with Crippen molar-refractivity contribution in [1.29, 1.82) is 0 Å². The lowest BCUT2D eigenvalue weighted by atomic mass is 10.2. The zero-order valence-electron chi connectivity index (χ0n) is 15.1. The third-order valence-corrected chi connectivity index (χ3v) is 5.81. The van der Waals surface area contributed by atoms with Crippen molar-refractivity contribution in [3.8, 4) is 0 Å². The fourth-order valence-electron chi connectivity index (χ4n) is 3.38. The molecule has 0 saturated carbocycles. The molecule has 3 aromatic heterocycles. The Labute approximate surface area is 160 Å². The van der Waals surface area contributed by atoms with Gasteiger partial charge in [0.25, 0.3) is 5.91 Å². The Bertz CT molecular complexity index is 1010. The quantitative estimate of drug-likeness (QED) is 0.726. The van der Waals surface area contributed by atoms with Crippen LogP contribution in [-0.4, -0.2) is 45.0 Å². The number of hydrogen-bond donors (Lipinski definition) is 2. The van der Waals surface area contributed by atoms with Crippen molar-refractivity contribution >= 4 is 34.6 Å². The first kappa shape index (κ1) is 17.5. The minimum Gasteiger partial charge on any atom is -0.354 e. The fourth-order valence-corrected chi connectivity index (χ4v) is 4.48. The Kier molecular flexibility index (Phi) is 4.53. The lowest BCUT2D eigenvalue weighted by molar-refractivity contribution is 0.0967. The number of urea groups is 1. The number of aryl methyl sites for hydroxylation is 1. The van der Waals surface area contributed by atoms with Crippen LogP contribution in [0.15, 0.2) is 30.5 Å². The normalized spacial score (nSPS) is 16.7. The molecule has 0 aromatic carbocycles. The van der Waals surface area contributed by atoms with Crippen LogP contribution in [0.3, 0.4) is 0 Å². The number of anilines is 1. The van der Waals surface area contributed by atoms with Gasteiger partial charge in [-0.15, -0.1) is 11.3 Å². The predicted molar refractivity (Wildman–Crippen MR) is 103 cm³/mol. The Morgan fingerprint density at radius 3 is 2.96 bits per heavy atom. The summed E-state index contributed by atoms with van der Waals surface area (Å²) in [7, 11) is 1.61. The van der Waals surface area contributed by atoms with Gasteiger partial charge in [-0.25, -0.2) is 14.3 Å². The first-order chi connectivity index (χ1) is 13.1. The molecular formula is C18H20N6O2S. The minimum absolute atomic E-state index is 0.0206. The molecule has 0 bridgehead atoms. The number of nitrogens with one attached hydrogen (secondary N) is 2. The zero-order chi connectivity index (χ0) is 19.0. The molecule has 8 nitrogen and oxygen atoms in total. The molecule has 2 N–H and O–H groups in total. The van der Waals surface area contributed by atoms with Crippen molar-refractivity contribution in [3.05, 3.63) is 46.0 Å². The summed E-state index contributed by atoms with van der Waals surface area (Å²) in [5.74, 6) is 0.546. The molecule has 27 heavy (non-hydrogen) atoms. The number of likely N-dealkylation sites (tertiary alicyclic amines) is 1. The first-order valence-electron chi connectivity index (χ1n) is 8.78. The molecule has 4 rings (SSSR count). The van der Waals surface area contributed by atoms with Gasteiger partial charge in [-0.3, -0.25) is 4.79 Å². The topological polar surface area (TPSA) is 91.6 Å². The van der Waals surface area contributed by atoms with Gasteiger partial charge in [-0.1, -0.05) is 0 Å². The van der Waals surface area contributed by atoms with Crippen LogP contribution in [0.1, 0.15) is 39.3 Å². The van der Waals surface area contributed by atoms with Gasteiger partial charge in [0.1, 0.15) is 5.82 Å². The van der Waals surface area contributed by atoms with Gasteiger partial charge < -0.3 is 15.5 Å². The number of carbonyl (C=O) groups is 2. The lowest BCUT2D eigenvalue weighted by Crippen LogP contribution is -2.34. The summed E-state index contributed by atoms with van der Waals surface area (Å²) in [5, 5.41) is 9.88. The van der Waals surface area contributed by atoms with Gasteiger partial charge in [0.05, 0.1) is 16.6 Å². The Hall–Kier alpha value is -2.94. The summed E-state index contributed by atoms with van der Waals surface area (Å²) in [4.78, 5) is 32.6. The molecular weight excluding hydrogens is 364 g/mol. The van der Waals surface area contributed by atoms with Crippen molar-refractivity contribution in [1.82, 2.24) is 24.8 Å². The highest BCUT2D eigenvalue weighted by atomic mass is 32.1. The number of aromatic nitrogens is 3. The van der Waals surface area contributed by atoms with Crippen molar-refractivity contribution in [2.75, 3.05) is 18.9 Å². The van der Waals surface area contributed by atoms with Crippen LogP contribution in [0, 0.1) is 6.92 Å². The minimum atomic E-state index is -0.166. The molecule has 4 heterocycles. The summed E-state index contributed by atoms with van der Waals surface area (Å²) in [6.45, 7) is 2.49. The second-order valence-corrected chi connectivity index (χ2v) is 7.53. The van der Waals surface area contributed by atoms with Gasteiger partial charge in [0.15, 0.2) is 5.65 Å². The van der Waals surface area contributed by atoms with Crippen molar-refractivity contribution in [2.24, 2.45) is 0 Å². The maximum absolute atomic E-state index is 12.9. The standard InChI is InChI=1S/C18H20N6O2S/c1-11-20-16-12(5-3-10-24(16)22-11)21-18(26)23-9-4-6-13(23)14-7-8-15(27-14)17(25)19-2/h3,5,7-8,10,13H,4,6,9H2,1-2H3,(H,19,25)(H,21,26)/t13-/m1/s1. The molecule has 1 aliphatic heterocycles. The molecule has 3 aromatic rings. The van der Waals surface area contributed by atoms with Crippen LogP contribution in [0.4, 0.5) is 10.5 Å². The lowest BCUT2D eigenvalue weighted by Gasteiger charge is -2.24. The van der Waals surface area contributed by atoms with E-state index in [1.54, 1.807) is 17.8 Å². The van der Waals surface area contributed by atoms with Crippen LogP contribution in [0.5, 0.6) is 0 Å². The third-order valence-electron chi connectivity index (χ3n) is 4.63. The molecule has 0 unspecified atom stereocenters. The van der Waals surface area contributed by atoms with Crippen molar-refractivity contribution in [3.63, 3.8) is 0 Å². The summed E-state index contributed by atoms with van der Waals surface area (Å²) < 4.78 is 1.65. The molecule has 1 atom stereocenters. The molecule has 1 fully saturated rings. The molecule has 1 saturated heterocycles. The van der Waals surface area contributed by atoms with Crippen LogP contribution in [0.25, 0.3) is 5.65 Å². The third kappa shape index (κ3) is 3.25. The number of hydrogen-bond acceptors (Lipinski definition) is 5. The van der Waals surface area contributed by atoms with E-state index in [4.69, 9.17) is 0 Å². The molecule has 0 aliphatic carbocycles. The number of amides is 3. The number of carbonyl (C=O) groups excluding carboxylic acids is 2. The van der Waals surface area contributed by atoms with E-state index in [0.717, 1.165) is 17.7 Å². The van der Waals surface area contributed by atoms with Gasteiger partial charge in [-0.2, -0.15) is 5.10 Å². The monoisotopic (exact) mass is 384 g/mol. The highest BCUT2D eigenvalue weighted by Crippen LogP contribution is 2.36. The zero-order valence-corrected chi connectivity index (χ0v) is 15.9. The molecule has 0 radical (unpaired) electrons. The number of nitrogens with zero attached hydrogens (tertiary/aromatic N) is 4. The van der Waals surface area contributed by atoms with Crippen LogP contribution in [0.2, 0.25) is 0 Å². The van der Waals surface area contributed by atoms with Crippen LogP contribution in [-0.2, 0) is 0 Å². The van der Waals surface area contributed by atoms with E-state index in [2.05, 4.69) is 20.7 Å². The van der Waals surface area contributed by atoms with Gasteiger partial charge in [0.2, 0.25) is 0 Å². The first-order valence-corrected chi connectivity index (χ1v) is 9.60. The smallest absolute Gasteiger partial charge is 0.322 e. The van der Waals surface area contributed by atoms with E-state index in [1.165, 1.54) is 11.3 Å². The molecule has 0 spiro atoms. The Morgan fingerprint density at radius 2 is 2.15 bits per heavy atom. The number of fused-ring (bicyclic) bond motifs is 1. The molecule has 3 amide bonds. The summed E-state index contributed by atoms with van der Waals surface area (Å²) in [6.07, 6.45) is 3.62. The highest BCUT2D eigenvalue weighted by molar-refractivity contribution is 7.14. The number of thiophene rings is 1. The number of pyridine rings is 1. The van der Waals surface area contributed by atoms with E-state index in [1.807, 2.05) is 36.1 Å². The molecule has 9 heteroatoms. The second-order valence-electron chi connectivity index (χ2n) is 6.41. The summed E-state index contributed by atoms with van der Waals surface area (Å²) in [5.41, 5.74) is 1.25. The van der Waals surface area contributed by atoms with Gasteiger partial charge in [-0.05, 0) is 44.0 Å². The summed E-state index contributed by atoms with van der Waals surface area (Å²) >= 11 is 1.44. The van der Waals surface area contributed by atoms with E-state index in [-0.39, 0.29) is 18.0 Å². The van der Waals surface area contributed by atoms with Gasteiger partial charge in [0, 0.05) is 24.7 Å². The van der Waals surface area contributed by atoms with Crippen molar-refractivity contribution in [2.45, 2.75) is 25.8 Å². The van der Waals surface area contributed by atoms with Crippen LogP contribution < -0.4 is 10.6 Å². The fraction of sp³-hybridized carbons (Fsp3) is 0.333. The average Bonchev–Trinajstić information content (AvgIpc) is 3.38. The SMILES string of the molecule is CNC(=O)c1ccc([C@H]2CCCN2C(=O)Nc2cccn3nc(C)nc23)s1. The molecule has 1 aliphatic rings. The van der Waals surface area contributed by atoms with Gasteiger partial charge >= 0.3 is 6.03 Å². The summed E-state index contributed by atoms with van der Waals surface area (Å²) in [6, 6.07) is 7.21. The Morgan fingerprint density at radius 1 is 1.30 bits per heavy atom. The number of rotatable bonds is 3. The van der Waals surface area contributed by atoms with E-state index in [9.17, 15) is 9.59 Å². The van der Waals surface area contributed by atoms with E-state index in [0.29, 0.717) is 28.6 Å². The largest absolute Gasteiger partial charge is 0.354 e. The predicted octanol–water partition coefficient (Wildman–Crippen LogP) is 2.83. The van der Waals surface area contributed by atoms with E-state index < -0.39 is 0 Å². The second kappa shape index (κ2) is 6.99. The average molecular weight is 384 g/mol. The molecule has 140 valence electrons. The van der Waals surface area contributed by atoms with Crippen LogP contribution >= 0.6 is 11.3 Å². The van der Waals surface area contributed by atoms with E-state index >= 15 is 0 Å².